The first-order chi connectivity index (χ1) is 13.1. The molecule has 3 aromatic rings. The van der Waals surface area contributed by atoms with Gasteiger partial charge in [-0.2, -0.15) is 0 Å². The number of fused-ring (bicyclic) bond motifs is 5. The summed E-state index contributed by atoms with van der Waals surface area (Å²) in [6.45, 7) is 0. The third-order valence-corrected chi connectivity index (χ3v) is 5.79. The minimum absolute atomic E-state index is 0.0713. The van der Waals surface area contributed by atoms with Gasteiger partial charge in [0, 0.05) is 17.7 Å². The van der Waals surface area contributed by atoms with E-state index >= 15 is 0 Å². The van der Waals surface area contributed by atoms with Crippen LogP contribution in [0.1, 0.15) is 29.5 Å². The zero-order valence-corrected chi connectivity index (χ0v) is 14.5. The highest BCUT2D eigenvalue weighted by Crippen LogP contribution is 2.52. The van der Waals surface area contributed by atoms with E-state index in [-0.39, 0.29) is 23.6 Å². The summed E-state index contributed by atoms with van der Waals surface area (Å²) in [4.78, 5) is 10.6. The molecule has 0 bridgehead atoms. The molecule has 3 atom stereocenters. The summed E-state index contributed by atoms with van der Waals surface area (Å²) in [6.07, 6.45) is 5.34. The molecule has 5 heteroatoms. The fourth-order valence-electron chi connectivity index (χ4n) is 4.58. The van der Waals surface area contributed by atoms with Gasteiger partial charge in [0.25, 0.3) is 5.69 Å². The van der Waals surface area contributed by atoms with Crippen LogP contribution in [0.5, 0.6) is 5.75 Å². The summed E-state index contributed by atoms with van der Waals surface area (Å²) < 4.78 is 0. The molecule has 2 aliphatic rings. The fourth-order valence-corrected chi connectivity index (χ4v) is 4.58. The van der Waals surface area contributed by atoms with Gasteiger partial charge in [-0.1, -0.05) is 54.6 Å². The molecule has 0 unspecified atom stereocenters. The van der Waals surface area contributed by atoms with E-state index in [0.717, 1.165) is 17.7 Å². The Balaban J connectivity index is 1.65. The van der Waals surface area contributed by atoms with Gasteiger partial charge >= 0.3 is 0 Å². The van der Waals surface area contributed by atoms with Gasteiger partial charge in [-0.3, -0.25) is 10.1 Å². The zero-order valence-electron chi connectivity index (χ0n) is 14.5. The number of benzene rings is 3. The average molecular weight is 357 g/mol. The van der Waals surface area contributed by atoms with Crippen molar-refractivity contribution < 1.29 is 10.0 Å². The van der Waals surface area contributed by atoms with Gasteiger partial charge in [-0.05, 0) is 46.1 Å². The van der Waals surface area contributed by atoms with Crippen LogP contribution in [0.3, 0.4) is 0 Å². The molecule has 0 spiro atoms. The van der Waals surface area contributed by atoms with Crippen molar-refractivity contribution >= 4 is 22.1 Å². The molecule has 1 aliphatic heterocycles. The van der Waals surface area contributed by atoms with Crippen LogP contribution in [0.4, 0.5) is 11.4 Å². The van der Waals surface area contributed by atoms with Crippen molar-refractivity contribution in [3.8, 4) is 5.75 Å². The van der Waals surface area contributed by atoms with Crippen LogP contribution in [0, 0.1) is 16.0 Å². The summed E-state index contributed by atoms with van der Waals surface area (Å²) in [7, 11) is 0. The number of hydrogen-bond donors (Lipinski definition) is 1. The summed E-state index contributed by atoms with van der Waals surface area (Å²) >= 11 is 0. The minimum atomic E-state index is -0.597. The Morgan fingerprint density at radius 3 is 2.78 bits per heavy atom. The predicted molar refractivity (Wildman–Crippen MR) is 103 cm³/mol. The van der Waals surface area contributed by atoms with Crippen molar-refractivity contribution in [3.63, 3.8) is 0 Å². The van der Waals surface area contributed by atoms with Gasteiger partial charge in [0.05, 0.1) is 11.0 Å². The molecule has 5 rings (SSSR count). The average Bonchev–Trinajstić information content (AvgIpc) is 3.17. The molecule has 5 nitrogen and oxygen atoms in total. The van der Waals surface area contributed by atoms with Crippen molar-refractivity contribution in [3.05, 3.63) is 88.0 Å². The van der Waals surface area contributed by atoms with Crippen LogP contribution in [-0.4, -0.2) is 4.92 Å². The van der Waals surface area contributed by atoms with Crippen LogP contribution in [0.15, 0.2) is 66.7 Å². The zero-order chi connectivity index (χ0) is 18.5. The first-order valence-corrected chi connectivity index (χ1v) is 9.03. The molecule has 1 N–H and O–H groups in total. The molecule has 0 saturated heterocycles. The van der Waals surface area contributed by atoms with Crippen LogP contribution in [-0.2, 0) is 0 Å². The Kier molecular flexibility index (Phi) is 3.44. The highest BCUT2D eigenvalue weighted by atomic mass is 16.6. The van der Waals surface area contributed by atoms with Gasteiger partial charge in [-0.25, -0.2) is 0 Å². The van der Waals surface area contributed by atoms with Crippen molar-refractivity contribution in [1.29, 1.82) is 0 Å². The summed E-state index contributed by atoms with van der Waals surface area (Å²) in [6, 6.07) is 16.9. The van der Waals surface area contributed by atoms with Gasteiger partial charge < -0.3 is 10.4 Å². The molecule has 0 fully saturated rings. The van der Waals surface area contributed by atoms with Crippen molar-refractivity contribution in [2.24, 2.45) is 5.92 Å². The van der Waals surface area contributed by atoms with Crippen LogP contribution < -0.4 is 10.4 Å². The number of anilines is 1. The quantitative estimate of drug-likeness (QED) is 0.411. The van der Waals surface area contributed by atoms with E-state index in [9.17, 15) is 15.2 Å². The molecular formula is C22H17N2O3-. The molecule has 1 heterocycles. The van der Waals surface area contributed by atoms with Gasteiger partial charge in [0.15, 0.2) is 0 Å². The summed E-state index contributed by atoms with van der Waals surface area (Å²) in [5.74, 6) is -0.0317. The van der Waals surface area contributed by atoms with Gasteiger partial charge in [0.2, 0.25) is 0 Å². The second-order valence-electron chi connectivity index (χ2n) is 7.21. The Bertz CT molecular complexity index is 1110. The first kappa shape index (κ1) is 15.9. The third kappa shape index (κ3) is 2.39. The van der Waals surface area contributed by atoms with Crippen LogP contribution in [0.2, 0.25) is 0 Å². The van der Waals surface area contributed by atoms with Crippen molar-refractivity contribution in [2.75, 3.05) is 5.32 Å². The Hall–Kier alpha value is -3.34. The molecule has 0 amide bonds. The van der Waals surface area contributed by atoms with E-state index in [1.807, 2.05) is 6.07 Å². The lowest BCUT2D eigenvalue weighted by atomic mass is 9.75. The Labute approximate surface area is 156 Å². The monoisotopic (exact) mass is 357 g/mol. The van der Waals surface area contributed by atoms with Crippen molar-refractivity contribution in [2.45, 2.75) is 18.4 Å². The lowest BCUT2D eigenvalue weighted by molar-refractivity contribution is -0.398. The lowest BCUT2D eigenvalue weighted by Gasteiger charge is -2.38. The molecular weight excluding hydrogens is 340 g/mol. The van der Waals surface area contributed by atoms with Crippen LogP contribution >= 0.6 is 0 Å². The summed E-state index contributed by atoms with van der Waals surface area (Å²) in [5, 5.41) is 29.0. The van der Waals surface area contributed by atoms with E-state index < -0.39 is 10.7 Å². The Morgan fingerprint density at radius 1 is 1.07 bits per heavy atom. The number of nitro groups is 1. The predicted octanol–water partition coefficient (Wildman–Crippen LogP) is 4.65. The largest absolute Gasteiger partial charge is 0.868 e. The number of allylic oxidation sites excluding steroid dienone is 2. The maximum absolute atomic E-state index is 11.8. The maximum atomic E-state index is 11.8. The summed E-state index contributed by atoms with van der Waals surface area (Å²) in [5.41, 5.74) is 2.78. The Morgan fingerprint density at radius 2 is 1.93 bits per heavy atom. The number of nitrogens with zero attached hydrogens (tertiary/aromatic N) is 1. The number of nitro benzene ring substituents is 1. The smallest absolute Gasteiger partial charge is 0.262 e. The van der Waals surface area contributed by atoms with E-state index in [0.29, 0.717) is 0 Å². The van der Waals surface area contributed by atoms with Crippen molar-refractivity contribution in [1.82, 2.24) is 0 Å². The standard InChI is InChI=1S/C22H18N2O3/c25-20-11-9-14(12-19(20)24(26)27)22-17-7-3-6-16(17)21-15-5-2-1-4-13(15)8-10-18(21)23-22/h1-6,8-12,16-17,22-23,25H,7H2/p-1/t16-,17-,22-/m0/s1. The molecule has 27 heavy (non-hydrogen) atoms. The topological polar surface area (TPSA) is 78.2 Å². The van der Waals surface area contributed by atoms with E-state index in [2.05, 4.69) is 47.8 Å². The lowest BCUT2D eigenvalue weighted by Crippen LogP contribution is -2.29. The van der Waals surface area contributed by atoms with Gasteiger partial charge in [0.1, 0.15) is 0 Å². The van der Waals surface area contributed by atoms with E-state index in [4.69, 9.17) is 0 Å². The number of hydrogen-bond acceptors (Lipinski definition) is 4. The SMILES string of the molecule is O=[N+]([O-])c1cc([C@@H]2Nc3ccc4ccccc4c3[C@H]3C=CC[C@@H]32)ccc1[O-]. The van der Waals surface area contributed by atoms with Crippen LogP contribution in [0.25, 0.3) is 10.8 Å². The maximum Gasteiger partial charge on any atom is 0.262 e. The first-order valence-electron chi connectivity index (χ1n) is 9.03. The third-order valence-electron chi connectivity index (χ3n) is 5.79. The molecule has 3 aromatic carbocycles. The van der Waals surface area contributed by atoms with Gasteiger partial charge in [-0.15, -0.1) is 0 Å². The van der Waals surface area contributed by atoms with E-state index in [1.54, 1.807) is 6.07 Å². The molecule has 1 aliphatic carbocycles. The molecule has 0 aromatic heterocycles. The minimum Gasteiger partial charge on any atom is -0.868 e. The number of nitrogens with one attached hydrogen (secondary N) is 1. The second-order valence-corrected chi connectivity index (χ2v) is 7.21. The van der Waals surface area contributed by atoms with E-state index in [1.165, 1.54) is 28.5 Å². The normalized spacial score (nSPS) is 22.9. The fraction of sp³-hybridized carbons (Fsp3) is 0.182. The molecule has 0 radical (unpaired) electrons. The highest BCUT2D eigenvalue weighted by Gasteiger charge is 2.39. The second kappa shape index (κ2) is 5.84. The number of rotatable bonds is 2. The molecule has 0 saturated carbocycles. The highest BCUT2D eigenvalue weighted by molar-refractivity contribution is 5.91. The molecule has 134 valence electrons.